The second kappa shape index (κ2) is 12.9. The van der Waals surface area contributed by atoms with Crippen molar-refractivity contribution in [3.63, 3.8) is 0 Å². The summed E-state index contributed by atoms with van der Waals surface area (Å²) in [6.45, 7) is 0. The molecule has 0 spiro atoms. The lowest BCUT2D eigenvalue weighted by Gasteiger charge is -2.27. The third kappa shape index (κ3) is 5.32. The zero-order valence-corrected chi connectivity index (χ0v) is 30.6. The van der Waals surface area contributed by atoms with Gasteiger partial charge in [0.2, 0.25) is 0 Å². The Morgan fingerprint density at radius 2 is 1.05 bits per heavy atom. The third-order valence-corrected chi connectivity index (χ3v) is 12.0. The predicted octanol–water partition coefficient (Wildman–Crippen LogP) is 15.6. The van der Waals surface area contributed by atoms with Gasteiger partial charge in [0.1, 0.15) is 11.2 Å². The predicted molar refractivity (Wildman–Crippen MR) is 235 cm³/mol. The van der Waals surface area contributed by atoms with Gasteiger partial charge in [-0.2, -0.15) is 0 Å². The molecule has 0 radical (unpaired) electrons. The molecule has 0 bridgehead atoms. The zero-order chi connectivity index (χ0) is 36.3. The van der Waals surface area contributed by atoms with E-state index in [0.717, 1.165) is 50.1 Å². The van der Waals surface area contributed by atoms with Crippen LogP contribution in [0.2, 0.25) is 0 Å². The van der Waals surface area contributed by atoms with Crippen LogP contribution in [0.15, 0.2) is 205 Å². The van der Waals surface area contributed by atoms with E-state index in [1.165, 1.54) is 53.2 Å². The number of anilines is 3. The summed E-state index contributed by atoms with van der Waals surface area (Å²) in [5, 5.41) is 7.21. The SMILES string of the molecule is c1ccc(-c2ccc3c(c2)sc2ccc(N(c4ccc(-c5cccc6ccccc56)cc4)c4ccc(-c5ccccc5)c5oc6ccccc6c45)cc23)cc1. The number of benzene rings is 9. The molecule has 2 nitrogen and oxygen atoms in total. The normalized spacial score (nSPS) is 11.6. The number of furan rings is 1. The van der Waals surface area contributed by atoms with Crippen LogP contribution in [0.1, 0.15) is 0 Å². The average Bonchev–Trinajstić information content (AvgIpc) is 3.83. The molecule has 0 saturated heterocycles. The maximum atomic E-state index is 6.76. The van der Waals surface area contributed by atoms with E-state index in [1.54, 1.807) is 0 Å². The molecule has 2 aromatic heterocycles. The van der Waals surface area contributed by atoms with Crippen LogP contribution in [0.25, 0.3) is 86.3 Å². The van der Waals surface area contributed by atoms with Crippen LogP contribution in [-0.4, -0.2) is 0 Å². The zero-order valence-electron chi connectivity index (χ0n) is 29.8. The fraction of sp³-hybridized carbons (Fsp3) is 0. The molecular formula is C52H33NOS. The van der Waals surface area contributed by atoms with E-state index in [2.05, 4.69) is 205 Å². The van der Waals surface area contributed by atoms with Crippen LogP contribution in [0, 0.1) is 0 Å². The summed E-state index contributed by atoms with van der Waals surface area (Å²) in [7, 11) is 0. The summed E-state index contributed by atoms with van der Waals surface area (Å²) in [6, 6.07) is 72.1. The molecule has 2 heterocycles. The van der Waals surface area contributed by atoms with Crippen molar-refractivity contribution in [2.24, 2.45) is 0 Å². The number of nitrogens with zero attached hydrogens (tertiary/aromatic N) is 1. The molecule has 11 rings (SSSR count). The first-order valence-corrected chi connectivity index (χ1v) is 19.5. The van der Waals surface area contributed by atoms with E-state index in [9.17, 15) is 0 Å². The maximum Gasteiger partial charge on any atom is 0.145 e. The van der Waals surface area contributed by atoms with Gasteiger partial charge in [0.05, 0.1) is 11.1 Å². The minimum Gasteiger partial charge on any atom is -0.455 e. The number of rotatable bonds is 6. The van der Waals surface area contributed by atoms with Crippen molar-refractivity contribution in [1.29, 1.82) is 0 Å². The molecule has 0 N–H and O–H groups in total. The van der Waals surface area contributed by atoms with Crippen molar-refractivity contribution in [3.8, 4) is 33.4 Å². The fourth-order valence-electron chi connectivity index (χ4n) is 8.25. The Bertz CT molecular complexity index is 3190. The quantitative estimate of drug-likeness (QED) is 0.170. The Balaban J connectivity index is 1.13. The van der Waals surface area contributed by atoms with Crippen molar-refractivity contribution < 1.29 is 4.42 Å². The van der Waals surface area contributed by atoms with Gasteiger partial charge in [-0.1, -0.05) is 146 Å². The fourth-order valence-corrected chi connectivity index (χ4v) is 9.38. The summed E-state index contributed by atoms with van der Waals surface area (Å²) >= 11 is 1.85. The van der Waals surface area contributed by atoms with Crippen molar-refractivity contribution in [2.45, 2.75) is 0 Å². The summed E-state index contributed by atoms with van der Waals surface area (Å²) in [5.74, 6) is 0. The number of fused-ring (bicyclic) bond motifs is 7. The lowest BCUT2D eigenvalue weighted by atomic mass is 9.97. The van der Waals surface area contributed by atoms with E-state index < -0.39 is 0 Å². The van der Waals surface area contributed by atoms with Gasteiger partial charge < -0.3 is 9.32 Å². The molecule has 0 unspecified atom stereocenters. The second-order valence-electron chi connectivity index (χ2n) is 14.1. The molecule has 11 aromatic rings. The highest BCUT2D eigenvalue weighted by Crippen LogP contribution is 2.48. The maximum absolute atomic E-state index is 6.76. The minimum absolute atomic E-state index is 0.877. The van der Waals surface area contributed by atoms with Gasteiger partial charge in [-0.25, -0.2) is 0 Å². The Morgan fingerprint density at radius 1 is 0.382 bits per heavy atom. The number of hydrogen-bond donors (Lipinski definition) is 0. The van der Waals surface area contributed by atoms with E-state index in [4.69, 9.17) is 4.42 Å². The van der Waals surface area contributed by atoms with E-state index in [1.807, 2.05) is 11.3 Å². The van der Waals surface area contributed by atoms with Crippen LogP contribution in [0.4, 0.5) is 17.1 Å². The Morgan fingerprint density at radius 3 is 1.89 bits per heavy atom. The van der Waals surface area contributed by atoms with Crippen LogP contribution in [0.5, 0.6) is 0 Å². The molecule has 55 heavy (non-hydrogen) atoms. The van der Waals surface area contributed by atoms with Gasteiger partial charge in [0, 0.05) is 42.5 Å². The van der Waals surface area contributed by atoms with Gasteiger partial charge in [0.15, 0.2) is 0 Å². The smallest absolute Gasteiger partial charge is 0.145 e. The molecule has 0 aliphatic rings. The first-order chi connectivity index (χ1) is 27.3. The third-order valence-electron chi connectivity index (χ3n) is 10.9. The molecule has 0 saturated carbocycles. The van der Waals surface area contributed by atoms with Crippen LogP contribution >= 0.6 is 11.3 Å². The molecule has 0 atom stereocenters. The first kappa shape index (κ1) is 31.6. The topological polar surface area (TPSA) is 16.4 Å². The minimum atomic E-state index is 0.877. The lowest BCUT2D eigenvalue weighted by Crippen LogP contribution is -2.10. The highest BCUT2D eigenvalue weighted by molar-refractivity contribution is 7.25. The highest BCUT2D eigenvalue weighted by Gasteiger charge is 2.23. The van der Waals surface area contributed by atoms with Crippen LogP contribution in [-0.2, 0) is 0 Å². The van der Waals surface area contributed by atoms with E-state index in [0.29, 0.717) is 0 Å². The van der Waals surface area contributed by atoms with Gasteiger partial charge in [-0.15, -0.1) is 11.3 Å². The summed E-state index contributed by atoms with van der Waals surface area (Å²) in [4.78, 5) is 2.41. The number of thiophene rings is 1. The van der Waals surface area contributed by atoms with Gasteiger partial charge in [0.25, 0.3) is 0 Å². The van der Waals surface area contributed by atoms with Crippen LogP contribution < -0.4 is 4.90 Å². The molecule has 0 aliphatic heterocycles. The Labute approximate surface area is 322 Å². The lowest BCUT2D eigenvalue weighted by molar-refractivity contribution is 0.670. The van der Waals surface area contributed by atoms with Crippen LogP contribution in [0.3, 0.4) is 0 Å². The standard InChI is InChI=1S/C52H33NOS/c1-3-12-34(13-4-1)38-24-28-44-46-33-40(27-31-49(46)55-50(44)32-38)53(39-25-22-37(23-26-39)42-20-11-17-35-16-7-8-18-41(35)42)47-30-29-43(36-14-5-2-6-15-36)52-51(47)45-19-9-10-21-48(45)54-52/h1-33H. The van der Waals surface area contributed by atoms with Crippen molar-refractivity contribution in [1.82, 2.24) is 0 Å². The average molecular weight is 720 g/mol. The molecule has 0 amide bonds. The van der Waals surface area contributed by atoms with Gasteiger partial charge >= 0.3 is 0 Å². The molecule has 0 aliphatic carbocycles. The number of para-hydroxylation sites is 1. The summed E-state index contributed by atoms with van der Waals surface area (Å²) in [5.41, 5.74) is 12.1. The largest absolute Gasteiger partial charge is 0.455 e. The van der Waals surface area contributed by atoms with Crippen molar-refractivity contribution >= 4 is 81.3 Å². The Kier molecular flexibility index (Phi) is 7.39. The van der Waals surface area contributed by atoms with Crippen molar-refractivity contribution in [2.75, 3.05) is 4.90 Å². The molecular weight excluding hydrogens is 687 g/mol. The molecule has 9 aromatic carbocycles. The van der Waals surface area contributed by atoms with E-state index >= 15 is 0 Å². The molecule has 0 fully saturated rings. The second-order valence-corrected chi connectivity index (χ2v) is 15.2. The highest BCUT2D eigenvalue weighted by atomic mass is 32.1. The Hall–Kier alpha value is -6.94. The first-order valence-electron chi connectivity index (χ1n) is 18.7. The monoisotopic (exact) mass is 719 g/mol. The molecule has 258 valence electrons. The van der Waals surface area contributed by atoms with Gasteiger partial charge in [-0.3, -0.25) is 0 Å². The number of hydrogen-bond acceptors (Lipinski definition) is 3. The van der Waals surface area contributed by atoms with Gasteiger partial charge in [-0.05, 0) is 93.2 Å². The summed E-state index contributed by atoms with van der Waals surface area (Å²) < 4.78 is 9.32. The summed E-state index contributed by atoms with van der Waals surface area (Å²) in [6.07, 6.45) is 0. The van der Waals surface area contributed by atoms with Crippen molar-refractivity contribution in [3.05, 3.63) is 200 Å². The molecule has 3 heteroatoms. The van der Waals surface area contributed by atoms with E-state index in [-0.39, 0.29) is 0 Å².